The Kier molecular flexibility index (Phi) is 3.72. The van der Waals surface area contributed by atoms with Crippen LogP contribution < -0.4 is 0 Å². The minimum absolute atomic E-state index is 0.0659. The summed E-state index contributed by atoms with van der Waals surface area (Å²) in [5.41, 5.74) is 1.82. The zero-order valence-corrected chi connectivity index (χ0v) is 7.51. The SMILES string of the molecule is OCc1cccc(C#CCS)c1. The first kappa shape index (κ1) is 9.18. The number of aliphatic hydroxyl groups excluding tert-OH is 1. The Morgan fingerprint density at radius 2 is 2.25 bits per heavy atom. The van der Waals surface area contributed by atoms with Crippen LogP contribution >= 0.6 is 12.6 Å². The van der Waals surface area contributed by atoms with E-state index in [4.69, 9.17) is 5.11 Å². The van der Waals surface area contributed by atoms with Gasteiger partial charge in [-0.1, -0.05) is 24.0 Å². The number of rotatable bonds is 1. The van der Waals surface area contributed by atoms with Crippen LogP contribution in [-0.2, 0) is 6.61 Å². The first-order valence-corrected chi connectivity index (χ1v) is 4.29. The molecule has 0 saturated carbocycles. The maximum atomic E-state index is 8.82. The van der Waals surface area contributed by atoms with Crippen LogP contribution in [0.5, 0.6) is 0 Å². The lowest BCUT2D eigenvalue weighted by Crippen LogP contribution is -1.83. The maximum absolute atomic E-state index is 8.82. The third kappa shape index (κ3) is 2.61. The molecule has 0 aliphatic heterocycles. The summed E-state index contributed by atoms with van der Waals surface area (Å²) < 4.78 is 0. The van der Waals surface area contributed by atoms with Crippen molar-refractivity contribution in [2.24, 2.45) is 0 Å². The first-order chi connectivity index (χ1) is 5.86. The molecule has 12 heavy (non-hydrogen) atoms. The highest BCUT2D eigenvalue weighted by atomic mass is 32.1. The molecule has 0 saturated heterocycles. The van der Waals surface area contributed by atoms with E-state index in [9.17, 15) is 0 Å². The molecule has 0 heterocycles. The van der Waals surface area contributed by atoms with E-state index in [1.54, 1.807) is 0 Å². The average Bonchev–Trinajstić information content (AvgIpc) is 2.15. The summed E-state index contributed by atoms with van der Waals surface area (Å²) in [4.78, 5) is 0. The molecule has 0 aromatic heterocycles. The zero-order valence-electron chi connectivity index (χ0n) is 6.62. The summed E-state index contributed by atoms with van der Waals surface area (Å²) in [7, 11) is 0. The molecule has 1 N–H and O–H groups in total. The summed E-state index contributed by atoms with van der Waals surface area (Å²) >= 11 is 3.98. The summed E-state index contributed by atoms with van der Waals surface area (Å²) in [5.74, 6) is 6.34. The van der Waals surface area contributed by atoms with Crippen LogP contribution in [0.15, 0.2) is 24.3 Å². The number of thiol groups is 1. The molecular formula is C10H10OS. The lowest BCUT2D eigenvalue weighted by atomic mass is 10.1. The van der Waals surface area contributed by atoms with Crippen molar-refractivity contribution in [1.82, 2.24) is 0 Å². The topological polar surface area (TPSA) is 20.2 Å². The van der Waals surface area contributed by atoms with Gasteiger partial charge in [0.2, 0.25) is 0 Å². The Hall–Kier alpha value is -0.910. The monoisotopic (exact) mass is 178 g/mol. The second kappa shape index (κ2) is 4.87. The molecule has 0 atom stereocenters. The molecule has 0 aliphatic rings. The third-order valence-electron chi connectivity index (χ3n) is 1.42. The standard InChI is InChI=1S/C10H10OS/c11-8-10-4-1-3-9(7-10)5-2-6-12/h1,3-4,7,11-12H,6,8H2. The molecule has 0 radical (unpaired) electrons. The molecular weight excluding hydrogens is 168 g/mol. The van der Waals surface area contributed by atoms with Gasteiger partial charge in [-0.15, -0.1) is 0 Å². The van der Waals surface area contributed by atoms with Gasteiger partial charge in [-0.25, -0.2) is 0 Å². The van der Waals surface area contributed by atoms with Gasteiger partial charge >= 0.3 is 0 Å². The van der Waals surface area contributed by atoms with E-state index in [0.717, 1.165) is 11.1 Å². The Morgan fingerprint density at radius 1 is 1.42 bits per heavy atom. The fourth-order valence-corrected chi connectivity index (χ4v) is 0.968. The number of benzene rings is 1. The van der Waals surface area contributed by atoms with Crippen molar-refractivity contribution in [1.29, 1.82) is 0 Å². The van der Waals surface area contributed by atoms with Gasteiger partial charge < -0.3 is 5.11 Å². The fourth-order valence-electron chi connectivity index (χ4n) is 0.889. The second-order valence-corrected chi connectivity index (χ2v) is 2.63. The van der Waals surface area contributed by atoms with Gasteiger partial charge in [0.25, 0.3) is 0 Å². The lowest BCUT2D eigenvalue weighted by Gasteiger charge is -1.94. The van der Waals surface area contributed by atoms with Crippen molar-refractivity contribution in [3.05, 3.63) is 35.4 Å². The van der Waals surface area contributed by atoms with E-state index in [-0.39, 0.29) is 6.61 Å². The van der Waals surface area contributed by atoms with Crippen LogP contribution in [0.2, 0.25) is 0 Å². The van der Waals surface area contributed by atoms with E-state index < -0.39 is 0 Å². The first-order valence-electron chi connectivity index (χ1n) is 3.66. The van der Waals surface area contributed by atoms with Crippen molar-refractivity contribution >= 4 is 12.6 Å². The molecule has 0 bridgehead atoms. The van der Waals surface area contributed by atoms with Gasteiger partial charge in [-0.3, -0.25) is 0 Å². The van der Waals surface area contributed by atoms with Crippen LogP contribution in [-0.4, -0.2) is 10.9 Å². The van der Waals surface area contributed by atoms with Crippen molar-refractivity contribution in [2.45, 2.75) is 6.61 Å². The van der Waals surface area contributed by atoms with Crippen molar-refractivity contribution in [2.75, 3.05) is 5.75 Å². The molecule has 0 amide bonds. The minimum Gasteiger partial charge on any atom is -0.392 e. The van der Waals surface area contributed by atoms with Crippen molar-refractivity contribution in [3.63, 3.8) is 0 Å². The normalized spacial score (nSPS) is 8.83. The molecule has 1 aromatic rings. The number of hydrogen-bond acceptors (Lipinski definition) is 2. The van der Waals surface area contributed by atoms with Crippen LogP contribution in [0.1, 0.15) is 11.1 Å². The van der Waals surface area contributed by atoms with Crippen LogP contribution in [0.4, 0.5) is 0 Å². The van der Waals surface area contributed by atoms with Crippen LogP contribution in [0, 0.1) is 11.8 Å². The summed E-state index contributed by atoms with van der Waals surface area (Å²) in [6.45, 7) is 0.0659. The quantitative estimate of drug-likeness (QED) is 0.493. The largest absolute Gasteiger partial charge is 0.392 e. The van der Waals surface area contributed by atoms with Crippen molar-refractivity contribution in [3.8, 4) is 11.8 Å². The van der Waals surface area contributed by atoms with Gasteiger partial charge in [0.05, 0.1) is 12.4 Å². The predicted molar refractivity (Wildman–Crippen MR) is 53.1 cm³/mol. The minimum atomic E-state index is 0.0659. The van der Waals surface area contributed by atoms with Gasteiger partial charge in [0.1, 0.15) is 0 Å². The fraction of sp³-hybridized carbons (Fsp3) is 0.200. The highest BCUT2D eigenvalue weighted by Gasteiger charge is 1.89. The highest BCUT2D eigenvalue weighted by Crippen LogP contribution is 2.03. The molecule has 2 heteroatoms. The van der Waals surface area contributed by atoms with Crippen LogP contribution in [0.25, 0.3) is 0 Å². The highest BCUT2D eigenvalue weighted by molar-refractivity contribution is 7.80. The van der Waals surface area contributed by atoms with Crippen LogP contribution in [0.3, 0.4) is 0 Å². The Balaban J connectivity index is 2.86. The van der Waals surface area contributed by atoms with Gasteiger partial charge in [-0.2, -0.15) is 12.6 Å². The average molecular weight is 178 g/mol. The lowest BCUT2D eigenvalue weighted by molar-refractivity contribution is 0.282. The van der Waals surface area contributed by atoms with Crippen molar-refractivity contribution < 1.29 is 5.11 Å². The van der Waals surface area contributed by atoms with Gasteiger partial charge in [0, 0.05) is 5.56 Å². The smallest absolute Gasteiger partial charge is 0.0682 e. The molecule has 1 aromatic carbocycles. The zero-order chi connectivity index (χ0) is 8.81. The Bertz CT molecular complexity index is 309. The molecule has 1 nitrogen and oxygen atoms in total. The molecule has 0 fully saturated rings. The number of aliphatic hydroxyl groups is 1. The van der Waals surface area contributed by atoms with E-state index in [0.29, 0.717) is 5.75 Å². The molecule has 0 aliphatic carbocycles. The summed E-state index contributed by atoms with van der Waals surface area (Å²) in [5, 5.41) is 8.82. The predicted octanol–water partition coefficient (Wildman–Crippen LogP) is 1.46. The Morgan fingerprint density at radius 3 is 2.92 bits per heavy atom. The molecule has 0 unspecified atom stereocenters. The van der Waals surface area contributed by atoms with Gasteiger partial charge in [-0.05, 0) is 17.7 Å². The number of hydrogen-bond donors (Lipinski definition) is 2. The molecule has 62 valence electrons. The van der Waals surface area contributed by atoms with E-state index in [1.807, 2.05) is 24.3 Å². The summed E-state index contributed by atoms with van der Waals surface area (Å²) in [6.07, 6.45) is 0. The molecule has 1 rings (SSSR count). The second-order valence-electron chi connectivity index (χ2n) is 2.32. The van der Waals surface area contributed by atoms with Gasteiger partial charge in [0.15, 0.2) is 0 Å². The maximum Gasteiger partial charge on any atom is 0.0682 e. The van der Waals surface area contributed by atoms with E-state index in [1.165, 1.54) is 0 Å². The van der Waals surface area contributed by atoms with E-state index >= 15 is 0 Å². The van der Waals surface area contributed by atoms with E-state index in [2.05, 4.69) is 24.5 Å². The Labute approximate surface area is 77.8 Å². The molecule has 0 spiro atoms. The summed E-state index contributed by atoms with van der Waals surface area (Å²) in [6, 6.07) is 7.53. The third-order valence-corrected chi connectivity index (χ3v) is 1.58.